The summed E-state index contributed by atoms with van der Waals surface area (Å²) in [5.74, 6) is -0.247. The summed E-state index contributed by atoms with van der Waals surface area (Å²) in [4.78, 5) is 22.7. The summed E-state index contributed by atoms with van der Waals surface area (Å²) in [6.45, 7) is 14.0. The van der Waals surface area contributed by atoms with Crippen molar-refractivity contribution in [3.05, 3.63) is 77.9 Å². The van der Waals surface area contributed by atoms with Crippen molar-refractivity contribution in [3.63, 3.8) is 0 Å². The molecule has 4 rings (SSSR count). The minimum Gasteiger partial charge on any atom is -0.379 e. The molecule has 1 fully saturated rings. The van der Waals surface area contributed by atoms with Crippen LogP contribution in [0.3, 0.4) is 0 Å². The summed E-state index contributed by atoms with van der Waals surface area (Å²) >= 11 is 7.84. The standard InChI is InChI=1S/C28H33ClN4O4S2/c1-4-13-32(14-5-2)39(35,36)23-10-8-22(9-11-23)27(34)33(16-6-15-31-17-19-37-20-18-31)28-30-25-21(3)7-12-24(29)26(25)38-28/h4-5,7-12H,1-2,6,13-20H2,3H3. The van der Waals surface area contributed by atoms with Gasteiger partial charge in [-0.15, -0.1) is 13.2 Å². The van der Waals surface area contributed by atoms with Gasteiger partial charge >= 0.3 is 0 Å². The number of sulfonamides is 1. The molecular weight excluding hydrogens is 556 g/mol. The third kappa shape index (κ3) is 6.77. The van der Waals surface area contributed by atoms with Crippen molar-refractivity contribution in [2.75, 3.05) is 57.4 Å². The van der Waals surface area contributed by atoms with E-state index >= 15 is 0 Å². The number of thiazole rings is 1. The maximum Gasteiger partial charge on any atom is 0.260 e. The third-order valence-electron chi connectivity index (χ3n) is 6.53. The van der Waals surface area contributed by atoms with Crippen LogP contribution < -0.4 is 4.90 Å². The number of rotatable bonds is 12. The first-order valence-electron chi connectivity index (χ1n) is 12.8. The average molecular weight is 589 g/mol. The first kappa shape index (κ1) is 29.4. The van der Waals surface area contributed by atoms with E-state index in [2.05, 4.69) is 18.1 Å². The molecule has 1 aliphatic heterocycles. The molecule has 208 valence electrons. The van der Waals surface area contributed by atoms with Crippen molar-refractivity contribution in [1.29, 1.82) is 0 Å². The molecule has 1 aromatic heterocycles. The summed E-state index contributed by atoms with van der Waals surface area (Å²) in [6, 6.07) is 9.79. The van der Waals surface area contributed by atoms with E-state index in [4.69, 9.17) is 21.3 Å². The number of ether oxygens (including phenoxy) is 1. The van der Waals surface area contributed by atoms with Crippen LogP contribution in [0.25, 0.3) is 10.2 Å². The van der Waals surface area contributed by atoms with Gasteiger partial charge in [-0.3, -0.25) is 14.6 Å². The molecule has 0 atom stereocenters. The maximum atomic E-state index is 13.8. The lowest BCUT2D eigenvalue weighted by atomic mass is 10.2. The minimum absolute atomic E-state index is 0.101. The van der Waals surface area contributed by atoms with E-state index in [1.807, 2.05) is 19.1 Å². The number of amides is 1. The van der Waals surface area contributed by atoms with E-state index in [9.17, 15) is 13.2 Å². The second kappa shape index (κ2) is 13.2. The van der Waals surface area contributed by atoms with E-state index in [1.165, 1.54) is 39.9 Å². The summed E-state index contributed by atoms with van der Waals surface area (Å²) in [7, 11) is -3.77. The Hall–Kier alpha value is -2.60. The van der Waals surface area contributed by atoms with Gasteiger partial charge in [-0.25, -0.2) is 13.4 Å². The molecule has 8 nitrogen and oxygen atoms in total. The smallest absolute Gasteiger partial charge is 0.260 e. The fraction of sp³-hybridized carbons (Fsp3) is 0.357. The van der Waals surface area contributed by atoms with Crippen LogP contribution in [0.4, 0.5) is 5.13 Å². The normalized spacial score (nSPS) is 14.5. The predicted octanol–water partition coefficient (Wildman–Crippen LogP) is 4.99. The number of hydrogen-bond donors (Lipinski definition) is 0. The second-order valence-electron chi connectivity index (χ2n) is 9.23. The maximum absolute atomic E-state index is 13.8. The lowest BCUT2D eigenvalue weighted by Crippen LogP contribution is -2.39. The Morgan fingerprint density at radius 3 is 2.41 bits per heavy atom. The lowest BCUT2D eigenvalue weighted by molar-refractivity contribution is 0.0376. The average Bonchev–Trinajstić information content (AvgIpc) is 3.40. The van der Waals surface area contributed by atoms with Crippen LogP contribution in [-0.2, 0) is 14.8 Å². The number of aryl methyl sites for hydroxylation is 1. The van der Waals surface area contributed by atoms with Crippen molar-refractivity contribution in [2.24, 2.45) is 0 Å². The molecule has 2 aromatic carbocycles. The Labute approximate surface area is 239 Å². The molecule has 1 saturated heterocycles. The number of carbonyl (C=O) groups excluding carboxylic acids is 1. The highest BCUT2D eigenvalue weighted by atomic mass is 35.5. The summed E-state index contributed by atoms with van der Waals surface area (Å²) in [5, 5.41) is 1.16. The number of anilines is 1. The van der Waals surface area contributed by atoms with Crippen LogP contribution in [0.5, 0.6) is 0 Å². The minimum atomic E-state index is -3.77. The zero-order valence-corrected chi connectivity index (χ0v) is 24.4. The number of benzene rings is 2. The Morgan fingerprint density at radius 2 is 1.79 bits per heavy atom. The molecule has 0 unspecified atom stereocenters. The number of halogens is 1. The molecule has 0 spiro atoms. The van der Waals surface area contributed by atoms with E-state index < -0.39 is 10.0 Å². The molecule has 11 heteroatoms. The number of nitrogens with zero attached hydrogens (tertiary/aromatic N) is 4. The quantitative estimate of drug-likeness (QED) is 0.277. The van der Waals surface area contributed by atoms with Crippen molar-refractivity contribution in [3.8, 4) is 0 Å². The fourth-order valence-electron chi connectivity index (χ4n) is 4.40. The van der Waals surface area contributed by atoms with Gasteiger partial charge in [-0.2, -0.15) is 4.31 Å². The Balaban J connectivity index is 1.61. The van der Waals surface area contributed by atoms with Gasteiger partial charge in [-0.05, 0) is 49.2 Å². The van der Waals surface area contributed by atoms with Crippen LogP contribution in [0.1, 0.15) is 22.3 Å². The molecule has 1 aliphatic rings. The number of carbonyl (C=O) groups is 1. The molecule has 39 heavy (non-hydrogen) atoms. The van der Waals surface area contributed by atoms with Crippen LogP contribution in [0, 0.1) is 6.92 Å². The van der Waals surface area contributed by atoms with Crippen LogP contribution in [0.15, 0.2) is 66.6 Å². The third-order valence-corrected chi connectivity index (χ3v) is 9.91. The van der Waals surface area contributed by atoms with Gasteiger partial charge < -0.3 is 4.74 Å². The van der Waals surface area contributed by atoms with Gasteiger partial charge in [-0.1, -0.05) is 41.2 Å². The fourth-order valence-corrected chi connectivity index (χ4v) is 7.12. The van der Waals surface area contributed by atoms with Crippen molar-refractivity contribution in [1.82, 2.24) is 14.2 Å². The molecular formula is C28H33ClN4O4S2. The first-order chi connectivity index (χ1) is 18.8. The SMILES string of the molecule is C=CCN(CC=C)S(=O)(=O)c1ccc(C(=O)N(CCCN2CCOCC2)c2nc3c(C)ccc(Cl)c3s2)cc1. The molecule has 0 aliphatic carbocycles. The number of morpholine rings is 1. The van der Waals surface area contributed by atoms with E-state index in [-0.39, 0.29) is 23.9 Å². The van der Waals surface area contributed by atoms with Crippen LogP contribution >= 0.6 is 22.9 Å². The molecule has 2 heterocycles. The lowest BCUT2D eigenvalue weighted by Gasteiger charge is -2.27. The summed E-state index contributed by atoms with van der Waals surface area (Å²) < 4.78 is 33.8. The largest absolute Gasteiger partial charge is 0.379 e. The monoisotopic (exact) mass is 588 g/mol. The van der Waals surface area contributed by atoms with Crippen LogP contribution in [0.2, 0.25) is 5.02 Å². The Bertz CT molecular complexity index is 1380. The molecule has 0 radical (unpaired) electrons. The molecule has 1 amide bonds. The number of aromatic nitrogens is 1. The van der Waals surface area contributed by atoms with Gasteiger partial charge in [0.05, 0.1) is 33.3 Å². The van der Waals surface area contributed by atoms with Gasteiger partial charge in [0.2, 0.25) is 10.0 Å². The molecule has 3 aromatic rings. The Kier molecular flexibility index (Phi) is 9.92. The van der Waals surface area contributed by atoms with Crippen molar-refractivity contribution in [2.45, 2.75) is 18.2 Å². The number of fused-ring (bicyclic) bond motifs is 1. The zero-order valence-electron chi connectivity index (χ0n) is 22.0. The zero-order chi connectivity index (χ0) is 28.0. The van der Waals surface area contributed by atoms with Gasteiger partial charge in [0.25, 0.3) is 5.91 Å². The van der Waals surface area contributed by atoms with Crippen molar-refractivity contribution < 1.29 is 17.9 Å². The summed E-state index contributed by atoms with van der Waals surface area (Å²) in [5.41, 5.74) is 2.14. The van der Waals surface area contributed by atoms with Crippen LogP contribution in [-0.4, -0.2) is 81.0 Å². The van der Waals surface area contributed by atoms with E-state index in [0.29, 0.717) is 35.5 Å². The highest BCUT2D eigenvalue weighted by Gasteiger charge is 2.26. The predicted molar refractivity (Wildman–Crippen MR) is 159 cm³/mol. The Morgan fingerprint density at radius 1 is 1.13 bits per heavy atom. The molecule has 0 bridgehead atoms. The van der Waals surface area contributed by atoms with E-state index in [1.54, 1.807) is 17.0 Å². The van der Waals surface area contributed by atoms with Gasteiger partial charge in [0.1, 0.15) is 0 Å². The molecule has 0 saturated carbocycles. The van der Waals surface area contributed by atoms with Gasteiger partial charge in [0, 0.05) is 44.8 Å². The van der Waals surface area contributed by atoms with Crippen molar-refractivity contribution >= 4 is 54.2 Å². The van der Waals surface area contributed by atoms with Gasteiger partial charge in [0.15, 0.2) is 5.13 Å². The highest BCUT2D eigenvalue weighted by molar-refractivity contribution is 7.89. The summed E-state index contributed by atoms with van der Waals surface area (Å²) in [6.07, 6.45) is 3.80. The van der Waals surface area contributed by atoms with E-state index in [0.717, 1.165) is 41.8 Å². The molecule has 0 N–H and O–H groups in total. The first-order valence-corrected chi connectivity index (χ1v) is 15.4. The number of hydrogen-bond acceptors (Lipinski definition) is 7. The topological polar surface area (TPSA) is 83.1 Å². The second-order valence-corrected chi connectivity index (χ2v) is 12.5. The highest BCUT2D eigenvalue weighted by Crippen LogP contribution is 2.36.